The van der Waals surface area contributed by atoms with E-state index in [0.717, 1.165) is 57.7 Å². The zero-order valence-corrected chi connectivity index (χ0v) is 20.6. The maximum absolute atomic E-state index is 11.7. The highest BCUT2D eigenvalue weighted by atomic mass is 32.2. The van der Waals surface area contributed by atoms with Crippen molar-refractivity contribution in [3.63, 3.8) is 0 Å². The summed E-state index contributed by atoms with van der Waals surface area (Å²) in [5, 5.41) is 9.71. The third-order valence-corrected chi connectivity index (χ3v) is 7.80. The van der Waals surface area contributed by atoms with E-state index >= 15 is 0 Å². The zero-order valence-electron chi connectivity index (χ0n) is 19.8. The highest BCUT2D eigenvalue weighted by molar-refractivity contribution is 7.90. The Hall–Kier alpha value is -2.67. The molecule has 180 valence electrons. The van der Waals surface area contributed by atoms with Gasteiger partial charge in [0.05, 0.1) is 4.90 Å². The number of rotatable bonds is 8. The molecule has 0 saturated carbocycles. The number of hydrogen-bond donors (Lipinski definition) is 1. The van der Waals surface area contributed by atoms with Crippen molar-refractivity contribution in [2.24, 2.45) is 0 Å². The van der Waals surface area contributed by atoms with Gasteiger partial charge in [-0.2, -0.15) is 0 Å². The fourth-order valence-electron chi connectivity index (χ4n) is 4.74. The van der Waals surface area contributed by atoms with Crippen molar-refractivity contribution >= 4 is 9.84 Å². The van der Waals surface area contributed by atoms with Crippen molar-refractivity contribution < 1.29 is 13.5 Å². The Labute approximate surface area is 203 Å². The fraction of sp³-hybridized carbons (Fsp3) is 0.357. The summed E-state index contributed by atoms with van der Waals surface area (Å²) in [6.45, 7) is 6.03. The lowest BCUT2D eigenvalue weighted by molar-refractivity contribution is 0.248. The van der Waals surface area contributed by atoms with Gasteiger partial charge in [-0.15, -0.1) is 0 Å². The van der Waals surface area contributed by atoms with E-state index in [4.69, 9.17) is 0 Å². The Balaban J connectivity index is 1.35. The second kappa shape index (κ2) is 11.2. The molecule has 0 amide bonds. The van der Waals surface area contributed by atoms with Gasteiger partial charge in [-0.05, 0) is 73.4 Å². The first-order chi connectivity index (χ1) is 16.4. The number of aromatic hydroxyl groups is 1. The molecule has 1 fully saturated rings. The van der Waals surface area contributed by atoms with Crippen LogP contribution in [0.5, 0.6) is 5.75 Å². The van der Waals surface area contributed by atoms with E-state index < -0.39 is 9.84 Å². The Morgan fingerprint density at radius 2 is 1.41 bits per heavy atom. The summed E-state index contributed by atoms with van der Waals surface area (Å²) in [7, 11) is -3.15. The molecule has 4 rings (SSSR count). The molecule has 3 aromatic rings. The van der Waals surface area contributed by atoms with Crippen molar-refractivity contribution in [2.45, 2.75) is 30.2 Å². The molecule has 0 aromatic heterocycles. The summed E-state index contributed by atoms with van der Waals surface area (Å²) in [5.74, 6) is 0.601. The Morgan fingerprint density at radius 3 is 2.09 bits per heavy atom. The lowest BCUT2D eigenvalue weighted by Crippen LogP contribution is -2.31. The highest BCUT2D eigenvalue weighted by Gasteiger charge is 2.19. The second-order valence-electron chi connectivity index (χ2n) is 9.23. The van der Waals surface area contributed by atoms with Gasteiger partial charge in [0.25, 0.3) is 0 Å². The molecule has 1 aliphatic rings. The van der Waals surface area contributed by atoms with Crippen molar-refractivity contribution in [1.82, 2.24) is 9.80 Å². The predicted molar refractivity (Wildman–Crippen MR) is 137 cm³/mol. The van der Waals surface area contributed by atoms with E-state index in [0.29, 0.717) is 16.6 Å². The molecular weight excluding hydrogens is 444 g/mol. The third kappa shape index (κ3) is 6.69. The standard InChI is InChI=1S/C28H34N2O3S/c1-34(32,33)27-14-8-23(9-15-27)22-30-18-5-17-29(20-21-30)19-16-28(24-6-3-2-4-7-24)25-10-12-26(31)13-11-25/h2-4,6-15,28,31H,5,16-22H2,1H3. The molecule has 0 radical (unpaired) electrons. The molecule has 1 saturated heterocycles. The molecule has 3 aromatic carbocycles. The molecule has 0 bridgehead atoms. The van der Waals surface area contributed by atoms with Gasteiger partial charge in [0.15, 0.2) is 9.84 Å². The average molecular weight is 479 g/mol. The van der Waals surface area contributed by atoms with Crippen LogP contribution in [0.15, 0.2) is 83.8 Å². The SMILES string of the molecule is CS(=O)(=O)c1ccc(CN2CCCN(CCC(c3ccccc3)c3ccc(O)cc3)CC2)cc1. The molecule has 1 aliphatic heterocycles. The first kappa shape index (κ1) is 24.5. The number of benzene rings is 3. The van der Waals surface area contributed by atoms with Crippen LogP contribution in [0.25, 0.3) is 0 Å². The van der Waals surface area contributed by atoms with Crippen LogP contribution < -0.4 is 0 Å². The first-order valence-corrected chi connectivity index (χ1v) is 13.9. The van der Waals surface area contributed by atoms with Crippen molar-refractivity contribution in [2.75, 3.05) is 39.0 Å². The molecule has 1 N–H and O–H groups in total. The van der Waals surface area contributed by atoms with Gasteiger partial charge in [-0.3, -0.25) is 4.90 Å². The number of sulfone groups is 1. The fourth-order valence-corrected chi connectivity index (χ4v) is 5.37. The highest BCUT2D eigenvalue weighted by Crippen LogP contribution is 2.29. The Kier molecular flexibility index (Phi) is 8.03. The quantitative estimate of drug-likeness (QED) is 0.516. The molecule has 1 heterocycles. The summed E-state index contributed by atoms with van der Waals surface area (Å²) in [6, 6.07) is 25.5. The van der Waals surface area contributed by atoms with Crippen molar-refractivity contribution in [1.29, 1.82) is 0 Å². The summed E-state index contributed by atoms with van der Waals surface area (Å²) >= 11 is 0. The molecule has 6 heteroatoms. The smallest absolute Gasteiger partial charge is 0.175 e. The number of nitrogens with zero attached hydrogens (tertiary/aromatic N) is 2. The molecule has 0 spiro atoms. The van der Waals surface area contributed by atoms with Crippen molar-refractivity contribution in [3.05, 3.63) is 95.6 Å². The minimum absolute atomic E-state index is 0.300. The zero-order chi connectivity index (χ0) is 24.0. The van der Waals surface area contributed by atoms with Gasteiger partial charge in [0.2, 0.25) is 0 Å². The lowest BCUT2D eigenvalue weighted by Gasteiger charge is -2.25. The molecule has 1 atom stereocenters. The van der Waals surface area contributed by atoms with Crippen LogP contribution in [0.4, 0.5) is 0 Å². The normalized spacial score (nSPS) is 16.7. The van der Waals surface area contributed by atoms with Crippen LogP contribution in [-0.4, -0.2) is 62.3 Å². The monoisotopic (exact) mass is 478 g/mol. The van der Waals surface area contributed by atoms with E-state index in [1.54, 1.807) is 24.3 Å². The first-order valence-electron chi connectivity index (χ1n) is 12.0. The summed E-state index contributed by atoms with van der Waals surface area (Å²) in [6.07, 6.45) is 3.40. The van der Waals surface area contributed by atoms with Gasteiger partial charge in [-0.1, -0.05) is 54.6 Å². The van der Waals surface area contributed by atoms with Crippen LogP contribution in [0.3, 0.4) is 0 Å². The molecule has 1 unspecified atom stereocenters. The Morgan fingerprint density at radius 1 is 0.794 bits per heavy atom. The maximum Gasteiger partial charge on any atom is 0.175 e. The van der Waals surface area contributed by atoms with Crippen molar-refractivity contribution in [3.8, 4) is 5.75 Å². The third-order valence-electron chi connectivity index (χ3n) is 6.67. The lowest BCUT2D eigenvalue weighted by atomic mass is 9.88. The summed E-state index contributed by atoms with van der Waals surface area (Å²) in [4.78, 5) is 5.40. The summed E-state index contributed by atoms with van der Waals surface area (Å²) in [5.41, 5.74) is 3.69. The van der Waals surface area contributed by atoms with E-state index in [9.17, 15) is 13.5 Å². The average Bonchev–Trinajstić information content (AvgIpc) is 3.06. The minimum atomic E-state index is -3.15. The van der Waals surface area contributed by atoms with Crippen LogP contribution in [0.1, 0.15) is 35.4 Å². The van der Waals surface area contributed by atoms with Gasteiger partial charge in [-0.25, -0.2) is 8.42 Å². The van der Waals surface area contributed by atoms with E-state index in [1.165, 1.54) is 17.4 Å². The summed E-state index contributed by atoms with van der Waals surface area (Å²) < 4.78 is 23.4. The van der Waals surface area contributed by atoms with Gasteiger partial charge >= 0.3 is 0 Å². The van der Waals surface area contributed by atoms with E-state index in [-0.39, 0.29) is 0 Å². The predicted octanol–water partition coefficient (Wildman–Crippen LogP) is 4.53. The number of phenolic OH excluding ortho intramolecular Hbond substituents is 1. The largest absolute Gasteiger partial charge is 0.508 e. The van der Waals surface area contributed by atoms with Crippen LogP contribution in [-0.2, 0) is 16.4 Å². The topological polar surface area (TPSA) is 60.9 Å². The van der Waals surface area contributed by atoms with Gasteiger partial charge in [0, 0.05) is 31.8 Å². The minimum Gasteiger partial charge on any atom is -0.508 e. The molecular formula is C28H34N2O3S. The van der Waals surface area contributed by atoms with Gasteiger partial charge < -0.3 is 10.0 Å². The number of hydrogen-bond acceptors (Lipinski definition) is 5. The van der Waals surface area contributed by atoms with Crippen LogP contribution in [0.2, 0.25) is 0 Å². The molecule has 0 aliphatic carbocycles. The van der Waals surface area contributed by atoms with E-state index in [2.05, 4.69) is 40.1 Å². The van der Waals surface area contributed by atoms with Gasteiger partial charge in [0.1, 0.15) is 5.75 Å². The second-order valence-corrected chi connectivity index (χ2v) is 11.2. The Bertz CT molecular complexity index is 1150. The van der Waals surface area contributed by atoms with Crippen LogP contribution in [0, 0.1) is 0 Å². The molecule has 34 heavy (non-hydrogen) atoms. The van der Waals surface area contributed by atoms with E-state index in [1.807, 2.05) is 24.3 Å². The molecule has 5 nitrogen and oxygen atoms in total. The van der Waals surface area contributed by atoms with Crippen LogP contribution >= 0.6 is 0 Å². The maximum atomic E-state index is 11.7. The number of phenols is 1.